The van der Waals surface area contributed by atoms with Crippen molar-refractivity contribution in [3.8, 4) is 5.75 Å². The van der Waals surface area contributed by atoms with Crippen molar-refractivity contribution in [1.29, 1.82) is 0 Å². The average molecular weight is 285 g/mol. The minimum absolute atomic E-state index is 0.0461. The number of hydrogen-bond acceptors (Lipinski definition) is 4. The Balaban J connectivity index is 2.86. The molecule has 0 aliphatic carbocycles. The number of hydrogen-bond donors (Lipinski definition) is 1. The summed E-state index contributed by atoms with van der Waals surface area (Å²) in [6.07, 6.45) is 0. The highest BCUT2D eigenvalue weighted by molar-refractivity contribution is 7.91. The first-order valence-corrected chi connectivity index (χ1v) is 8.32. The van der Waals surface area contributed by atoms with Gasteiger partial charge in [0.25, 0.3) is 0 Å². The maximum atomic E-state index is 11.4. The molecule has 0 bridgehead atoms. The van der Waals surface area contributed by atoms with Crippen molar-refractivity contribution in [2.45, 2.75) is 33.6 Å². The molecule has 0 fully saturated rings. The molecule has 19 heavy (non-hydrogen) atoms. The SMILES string of the molecule is CCS(=O)(=O)CCOc1cc(C)c(N)cc1C(C)C. The molecule has 0 amide bonds. The van der Waals surface area contributed by atoms with Gasteiger partial charge in [0.1, 0.15) is 12.4 Å². The molecule has 0 aromatic heterocycles. The highest BCUT2D eigenvalue weighted by atomic mass is 32.2. The van der Waals surface area contributed by atoms with Gasteiger partial charge in [-0.2, -0.15) is 0 Å². The van der Waals surface area contributed by atoms with Crippen LogP contribution in [0, 0.1) is 6.92 Å². The second-order valence-corrected chi connectivity index (χ2v) is 7.46. The van der Waals surface area contributed by atoms with Crippen LogP contribution in [0.3, 0.4) is 0 Å². The van der Waals surface area contributed by atoms with Crippen molar-refractivity contribution in [3.05, 3.63) is 23.3 Å². The normalized spacial score (nSPS) is 11.8. The molecule has 0 radical (unpaired) electrons. The van der Waals surface area contributed by atoms with E-state index < -0.39 is 9.84 Å². The molecule has 0 heterocycles. The number of nitrogen functional groups attached to an aromatic ring is 1. The van der Waals surface area contributed by atoms with Crippen molar-refractivity contribution >= 4 is 15.5 Å². The van der Waals surface area contributed by atoms with Crippen LogP contribution in [-0.4, -0.2) is 26.5 Å². The fourth-order valence-electron chi connectivity index (χ4n) is 1.71. The van der Waals surface area contributed by atoms with Gasteiger partial charge in [0.15, 0.2) is 9.84 Å². The Hall–Kier alpha value is -1.23. The van der Waals surface area contributed by atoms with E-state index in [0.717, 1.165) is 22.6 Å². The lowest BCUT2D eigenvalue weighted by atomic mass is 9.99. The van der Waals surface area contributed by atoms with Gasteiger partial charge in [-0.05, 0) is 36.1 Å². The minimum Gasteiger partial charge on any atom is -0.492 e. The summed E-state index contributed by atoms with van der Waals surface area (Å²) < 4.78 is 28.5. The van der Waals surface area contributed by atoms with E-state index in [1.165, 1.54) is 0 Å². The van der Waals surface area contributed by atoms with E-state index in [0.29, 0.717) is 0 Å². The monoisotopic (exact) mass is 285 g/mol. The minimum atomic E-state index is -2.99. The summed E-state index contributed by atoms with van der Waals surface area (Å²) in [4.78, 5) is 0. The Kier molecular flexibility index (Phi) is 5.23. The lowest BCUT2D eigenvalue weighted by molar-refractivity contribution is 0.335. The van der Waals surface area contributed by atoms with Gasteiger partial charge in [-0.25, -0.2) is 8.42 Å². The molecular weight excluding hydrogens is 262 g/mol. The zero-order valence-electron chi connectivity index (χ0n) is 12.1. The molecule has 0 saturated carbocycles. The third-order valence-electron chi connectivity index (χ3n) is 3.11. The van der Waals surface area contributed by atoms with Crippen LogP contribution in [0.1, 0.15) is 37.8 Å². The quantitative estimate of drug-likeness (QED) is 0.815. The Morgan fingerprint density at radius 1 is 1.32 bits per heavy atom. The highest BCUT2D eigenvalue weighted by Crippen LogP contribution is 2.30. The highest BCUT2D eigenvalue weighted by Gasteiger charge is 2.12. The van der Waals surface area contributed by atoms with Crippen LogP contribution >= 0.6 is 0 Å². The van der Waals surface area contributed by atoms with E-state index in [4.69, 9.17) is 10.5 Å². The number of benzene rings is 1. The summed E-state index contributed by atoms with van der Waals surface area (Å²) in [6, 6.07) is 3.78. The molecule has 0 aliphatic rings. The lowest BCUT2D eigenvalue weighted by Crippen LogP contribution is -2.16. The maximum Gasteiger partial charge on any atom is 0.153 e. The van der Waals surface area contributed by atoms with E-state index >= 15 is 0 Å². The van der Waals surface area contributed by atoms with Crippen LogP contribution in [0.2, 0.25) is 0 Å². The van der Waals surface area contributed by atoms with Crippen LogP contribution in [-0.2, 0) is 9.84 Å². The van der Waals surface area contributed by atoms with Gasteiger partial charge in [-0.3, -0.25) is 0 Å². The fraction of sp³-hybridized carbons (Fsp3) is 0.571. The molecule has 0 aliphatic heterocycles. The van der Waals surface area contributed by atoms with Crippen LogP contribution < -0.4 is 10.5 Å². The molecule has 0 atom stereocenters. The molecule has 1 rings (SSSR count). The van der Waals surface area contributed by atoms with E-state index in [1.54, 1.807) is 6.92 Å². The predicted octanol–water partition coefficient (Wildman–Crippen LogP) is 2.51. The van der Waals surface area contributed by atoms with Gasteiger partial charge in [0, 0.05) is 11.4 Å². The number of sulfone groups is 1. The second-order valence-electron chi connectivity index (χ2n) is 4.99. The Morgan fingerprint density at radius 2 is 1.95 bits per heavy atom. The van der Waals surface area contributed by atoms with Crippen molar-refractivity contribution in [1.82, 2.24) is 0 Å². The van der Waals surface area contributed by atoms with Crippen molar-refractivity contribution in [2.24, 2.45) is 0 Å². The first kappa shape index (κ1) is 15.8. The Morgan fingerprint density at radius 3 is 2.47 bits per heavy atom. The van der Waals surface area contributed by atoms with E-state index in [9.17, 15) is 8.42 Å². The number of ether oxygens (including phenoxy) is 1. The number of aryl methyl sites for hydroxylation is 1. The molecule has 0 unspecified atom stereocenters. The molecule has 1 aromatic carbocycles. The first-order valence-electron chi connectivity index (χ1n) is 6.50. The lowest BCUT2D eigenvalue weighted by Gasteiger charge is -2.16. The zero-order valence-corrected chi connectivity index (χ0v) is 12.9. The van der Waals surface area contributed by atoms with Crippen molar-refractivity contribution < 1.29 is 13.2 Å². The maximum absolute atomic E-state index is 11.4. The summed E-state index contributed by atoms with van der Waals surface area (Å²) >= 11 is 0. The summed E-state index contributed by atoms with van der Waals surface area (Å²) in [5.41, 5.74) is 8.58. The van der Waals surface area contributed by atoms with E-state index in [-0.39, 0.29) is 24.0 Å². The standard InChI is InChI=1S/C14H23NO3S/c1-5-19(16,17)7-6-18-14-8-11(4)13(15)9-12(14)10(2)3/h8-10H,5-7,15H2,1-4H3. The third kappa shape index (κ3) is 4.42. The summed E-state index contributed by atoms with van der Waals surface area (Å²) in [6.45, 7) is 7.84. The van der Waals surface area contributed by atoms with Crippen LogP contribution in [0.5, 0.6) is 5.75 Å². The van der Waals surface area contributed by atoms with Gasteiger partial charge >= 0.3 is 0 Å². The Bertz CT molecular complexity index is 536. The van der Waals surface area contributed by atoms with Gasteiger partial charge in [-0.1, -0.05) is 20.8 Å². The smallest absolute Gasteiger partial charge is 0.153 e. The third-order valence-corrected chi connectivity index (χ3v) is 4.78. The molecule has 2 N–H and O–H groups in total. The number of rotatable bonds is 6. The molecule has 0 spiro atoms. The molecule has 1 aromatic rings. The fourth-order valence-corrected chi connectivity index (χ4v) is 2.34. The molecule has 108 valence electrons. The van der Waals surface area contributed by atoms with E-state index in [2.05, 4.69) is 13.8 Å². The molecule has 4 nitrogen and oxygen atoms in total. The van der Waals surface area contributed by atoms with Gasteiger partial charge in [0.2, 0.25) is 0 Å². The summed E-state index contributed by atoms with van der Waals surface area (Å²) in [5.74, 6) is 1.20. The largest absolute Gasteiger partial charge is 0.492 e. The van der Waals surface area contributed by atoms with Crippen LogP contribution in [0.4, 0.5) is 5.69 Å². The summed E-state index contributed by atoms with van der Waals surface area (Å²) in [7, 11) is -2.99. The predicted molar refractivity (Wildman–Crippen MR) is 79.5 cm³/mol. The van der Waals surface area contributed by atoms with E-state index in [1.807, 2.05) is 19.1 Å². The Labute approximate surface area is 115 Å². The molecule has 0 saturated heterocycles. The molecular formula is C14H23NO3S. The van der Waals surface area contributed by atoms with Gasteiger partial charge in [-0.15, -0.1) is 0 Å². The average Bonchev–Trinajstić information content (AvgIpc) is 2.32. The van der Waals surface area contributed by atoms with Crippen LogP contribution in [0.25, 0.3) is 0 Å². The van der Waals surface area contributed by atoms with Gasteiger partial charge in [0.05, 0.1) is 5.75 Å². The first-order chi connectivity index (χ1) is 8.76. The zero-order chi connectivity index (χ0) is 14.6. The summed E-state index contributed by atoms with van der Waals surface area (Å²) in [5, 5.41) is 0. The number of nitrogens with two attached hydrogens (primary N) is 1. The molecule has 5 heteroatoms. The van der Waals surface area contributed by atoms with Crippen molar-refractivity contribution in [2.75, 3.05) is 23.8 Å². The second kappa shape index (κ2) is 6.28. The topological polar surface area (TPSA) is 69.4 Å². The van der Waals surface area contributed by atoms with Crippen LogP contribution in [0.15, 0.2) is 12.1 Å². The van der Waals surface area contributed by atoms with Gasteiger partial charge < -0.3 is 10.5 Å². The van der Waals surface area contributed by atoms with Crippen molar-refractivity contribution in [3.63, 3.8) is 0 Å². The number of anilines is 1.